The fourth-order valence-corrected chi connectivity index (χ4v) is 8.95. The van der Waals surface area contributed by atoms with Crippen molar-refractivity contribution in [3.8, 4) is 0 Å². The molecule has 1 aromatic rings. The topological polar surface area (TPSA) is 66.5 Å². The summed E-state index contributed by atoms with van der Waals surface area (Å²) in [5, 5.41) is 3.48. The van der Waals surface area contributed by atoms with Gasteiger partial charge < -0.3 is 5.32 Å². The van der Waals surface area contributed by atoms with Gasteiger partial charge in [-0.2, -0.15) is 0 Å². The van der Waals surface area contributed by atoms with Crippen LogP contribution in [0, 0.1) is 23.7 Å². The third-order valence-corrected chi connectivity index (χ3v) is 10.2. The Hall–Kier alpha value is -0.920. The van der Waals surface area contributed by atoms with E-state index in [2.05, 4.69) is 21.2 Å². The molecule has 1 saturated heterocycles. The Morgan fingerprint density at radius 1 is 1.07 bits per heavy atom. The van der Waals surface area contributed by atoms with Crippen LogP contribution in [0.15, 0.2) is 28.7 Å². The number of carbonyl (C=O) groups is 1. The molecule has 1 amide bonds. The SMILES string of the molecule is O=C(NC12CC3CC(CC(C3)C1)C2)C1CCN(S(=O)(=O)Cc2cccc(Br)c2)CC1. The summed E-state index contributed by atoms with van der Waals surface area (Å²) in [7, 11) is -3.37. The number of sulfonamides is 1. The van der Waals surface area contributed by atoms with Gasteiger partial charge in [0.2, 0.25) is 15.9 Å². The van der Waals surface area contributed by atoms with Gasteiger partial charge in [0.1, 0.15) is 0 Å². The number of nitrogens with one attached hydrogen (secondary N) is 1. The van der Waals surface area contributed by atoms with E-state index in [0.29, 0.717) is 25.9 Å². The third kappa shape index (κ3) is 4.22. The molecule has 1 N–H and O–H groups in total. The zero-order chi connectivity index (χ0) is 20.9. The van der Waals surface area contributed by atoms with Crippen molar-refractivity contribution in [1.82, 2.24) is 9.62 Å². The molecule has 4 aliphatic carbocycles. The van der Waals surface area contributed by atoms with Gasteiger partial charge in [-0.3, -0.25) is 4.79 Å². The first-order chi connectivity index (χ1) is 14.3. The lowest BCUT2D eigenvalue weighted by molar-refractivity contribution is -0.132. The van der Waals surface area contributed by atoms with E-state index in [4.69, 9.17) is 0 Å². The molecule has 1 aliphatic heterocycles. The first-order valence-electron chi connectivity index (χ1n) is 11.3. The number of benzene rings is 1. The summed E-state index contributed by atoms with van der Waals surface area (Å²) < 4.78 is 28.2. The van der Waals surface area contributed by atoms with Crippen molar-refractivity contribution < 1.29 is 13.2 Å². The highest BCUT2D eigenvalue weighted by Gasteiger charge is 2.52. The fraction of sp³-hybridized carbons (Fsp3) is 0.696. The lowest BCUT2D eigenvalue weighted by Gasteiger charge is -2.57. The average Bonchev–Trinajstić information content (AvgIpc) is 2.66. The molecule has 1 aromatic carbocycles. The van der Waals surface area contributed by atoms with E-state index in [1.165, 1.54) is 19.3 Å². The number of rotatable bonds is 5. The van der Waals surface area contributed by atoms with Gasteiger partial charge in [0.25, 0.3) is 0 Å². The molecular formula is C23H31BrN2O3S. The van der Waals surface area contributed by atoms with Gasteiger partial charge in [-0.25, -0.2) is 12.7 Å². The van der Waals surface area contributed by atoms with Crippen LogP contribution in [0.1, 0.15) is 56.9 Å². The molecule has 0 radical (unpaired) electrons. The number of nitrogens with zero attached hydrogens (tertiary/aromatic N) is 1. The molecule has 4 saturated carbocycles. The third-order valence-electron chi connectivity index (χ3n) is 7.88. The number of hydrogen-bond donors (Lipinski definition) is 1. The molecular weight excluding hydrogens is 464 g/mol. The van der Waals surface area contributed by atoms with Gasteiger partial charge in [0.15, 0.2) is 0 Å². The molecule has 30 heavy (non-hydrogen) atoms. The maximum Gasteiger partial charge on any atom is 0.223 e. The molecule has 1 heterocycles. The molecule has 5 nitrogen and oxygen atoms in total. The van der Waals surface area contributed by atoms with Crippen molar-refractivity contribution in [2.45, 2.75) is 62.7 Å². The average molecular weight is 495 g/mol. The Labute approximate surface area is 188 Å². The van der Waals surface area contributed by atoms with Crippen LogP contribution >= 0.6 is 15.9 Å². The van der Waals surface area contributed by atoms with Crippen molar-refractivity contribution in [2.75, 3.05) is 13.1 Å². The van der Waals surface area contributed by atoms with Crippen LogP contribution in [0.3, 0.4) is 0 Å². The van der Waals surface area contributed by atoms with Crippen molar-refractivity contribution in [3.05, 3.63) is 34.3 Å². The van der Waals surface area contributed by atoms with Crippen molar-refractivity contribution >= 4 is 31.9 Å². The minimum absolute atomic E-state index is 0.0105. The Kier molecular flexibility index (Phi) is 5.51. The maximum atomic E-state index is 13.1. The minimum Gasteiger partial charge on any atom is -0.350 e. The monoisotopic (exact) mass is 494 g/mol. The van der Waals surface area contributed by atoms with Crippen LogP contribution in [0.25, 0.3) is 0 Å². The van der Waals surface area contributed by atoms with Crippen LogP contribution < -0.4 is 5.32 Å². The van der Waals surface area contributed by atoms with Gasteiger partial charge in [-0.05, 0) is 86.8 Å². The van der Waals surface area contributed by atoms with Gasteiger partial charge in [-0.15, -0.1) is 0 Å². The molecule has 0 atom stereocenters. The molecule has 164 valence electrons. The van der Waals surface area contributed by atoms with Gasteiger partial charge in [0.05, 0.1) is 5.75 Å². The Bertz CT molecular complexity index is 889. The summed E-state index contributed by atoms with van der Waals surface area (Å²) >= 11 is 3.40. The molecule has 4 bridgehead atoms. The first kappa shape index (κ1) is 21.0. The highest BCUT2D eigenvalue weighted by molar-refractivity contribution is 9.10. The van der Waals surface area contributed by atoms with E-state index in [-0.39, 0.29) is 23.1 Å². The molecule has 0 unspecified atom stereocenters. The zero-order valence-corrected chi connectivity index (χ0v) is 19.8. The summed E-state index contributed by atoms with van der Waals surface area (Å²) in [4.78, 5) is 13.1. The molecule has 0 spiro atoms. The second-order valence-electron chi connectivity index (χ2n) is 10.2. The summed E-state index contributed by atoms with van der Waals surface area (Å²) in [5.41, 5.74) is 0.821. The van der Waals surface area contributed by atoms with Gasteiger partial charge in [-0.1, -0.05) is 28.1 Å². The predicted octanol–water partition coefficient (Wildman–Crippen LogP) is 4.08. The van der Waals surface area contributed by atoms with E-state index in [0.717, 1.165) is 47.1 Å². The van der Waals surface area contributed by atoms with Crippen LogP contribution in [-0.4, -0.2) is 37.3 Å². The normalized spacial score (nSPS) is 34.2. The lowest BCUT2D eigenvalue weighted by Crippen LogP contribution is -2.61. The largest absolute Gasteiger partial charge is 0.350 e. The zero-order valence-electron chi connectivity index (χ0n) is 17.4. The highest BCUT2D eigenvalue weighted by atomic mass is 79.9. The van der Waals surface area contributed by atoms with Crippen LogP contribution in [0.2, 0.25) is 0 Å². The van der Waals surface area contributed by atoms with E-state index in [1.807, 2.05) is 24.3 Å². The highest BCUT2D eigenvalue weighted by Crippen LogP contribution is 2.55. The molecule has 5 aliphatic rings. The van der Waals surface area contributed by atoms with E-state index in [9.17, 15) is 13.2 Å². The minimum atomic E-state index is -3.37. The second-order valence-corrected chi connectivity index (χ2v) is 13.1. The molecule has 7 heteroatoms. The standard InChI is InChI=1S/C23H31BrN2O3S/c24-21-3-1-2-16(11-21)15-30(28,29)26-6-4-20(5-7-26)22(27)25-23-12-17-8-18(13-23)10-19(9-17)14-23/h1-3,11,17-20H,4-10,12-15H2,(H,25,27). The number of hydrogen-bond acceptors (Lipinski definition) is 3. The lowest BCUT2D eigenvalue weighted by atomic mass is 9.53. The molecule has 6 rings (SSSR count). The van der Waals surface area contributed by atoms with Crippen LogP contribution in [-0.2, 0) is 20.6 Å². The van der Waals surface area contributed by atoms with Crippen molar-refractivity contribution in [2.24, 2.45) is 23.7 Å². The Morgan fingerprint density at radius 3 is 2.23 bits per heavy atom. The van der Waals surface area contributed by atoms with Crippen LogP contribution in [0.5, 0.6) is 0 Å². The predicted molar refractivity (Wildman–Crippen MR) is 120 cm³/mol. The van der Waals surface area contributed by atoms with Crippen molar-refractivity contribution in [1.29, 1.82) is 0 Å². The van der Waals surface area contributed by atoms with E-state index < -0.39 is 10.0 Å². The Morgan fingerprint density at radius 2 is 1.67 bits per heavy atom. The summed E-state index contributed by atoms with van der Waals surface area (Å²) in [5.74, 6) is 2.54. The van der Waals surface area contributed by atoms with Gasteiger partial charge >= 0.3 is 0 Å². The number of amides is 1. The van der Waals surface area contributed by atoms with Gasteiger partial charge in [0, 0.05) is 29.0 Å². The van der Waals surface area contributed by atoms with Crippen LogP contribution in [0.4, 0.5) is 0 Å². The van der Waals surface area contributed by atoms with E-state index >= 15 is 0 Å². The first-order valence-corrected chi connectivity index (χ1v) is 13.7. The maximum absolute atomic E-state index is 13.1. The quantitative estimate of drug-likeness (QED) is 0.670. The summed E-state index contributed by atoms with van der Waals surface area (Å²) in [6.45, 7) is 0.880. The van der Waals surface area contributed by atoms with Crippen molar-refractivity contribution in [3.63, 3.8) is 0 Å². The fourth-order valence-electron chi connectivity index (χ4n) is 6.95. The van der Waals surface area contributed by atoms with E-state index in [1.54, 1.807) is 4.31 Å². The number of halogens is 1. The molecule has 5 fully saturated rings. The molecule has 0 aromatic heterocycles. The summed E-state index contributed by atoms with van der Waals surface area (Å²) in [6.07, 6.45) is 8.81. The second kappa shape index (κ2) is 7.89. The number of piperidine rings is 1. The summed E-state index contributed by atoms with van der Waals surface area (Å²) in [6, 6.07) is 7.44. The number of carbonyl (C=O) groups excluding carboxylic acids is 1. The smallest absolute Gasteiger partial charge is 0.223 e. The Balaban J connectivity index is 1.17.